The number of nitrogens with one attached hydrogen (secondary N) is 1. The number of aromatic amines is 1. The molecule has 5 atom stereocenters. The second kappa shape index (κ2) is 20.0. The lowest BCUT2D eigenvalue weighted by atomic mass is 9.79. The highest BCUT2D eigenvalue weighted by atomic mass is 31.2. The van der Waals surface area contributed by atoms with Gasteiger partial charge < -0.3 is 29.6 Å². The number of nitrogen functional groups attached to an aromatic ring is 1. The number of anilines is 1. The smallest absolute Gasteiger partial charge is 0.409 e. The molecular weight excluding hydrogens is 830 g/mol. The maximum atomic E-state index is 15.5. The number of nitrogens with two attached hydrogens (primary N) is 1. The maximum Gasteiger partial charge on any atom is 0.409 e. The molecule has 1 saturated heterocycles. The van der Waals surface area contributed by atoms with E-state index in [4.69, 9.17) is 33.7 Å². The van der Waals surface area contributed by atoms with Crippen molar-refractivity contribution in [2.75, 3.05) is 40.2 Å². The van der Waals surface area contributed by atoms with E-state index in [-0.39, 0.29) is 54.6 Å². The van der Waals surface area contributed by atoms with Crippen molar-refractivity contribution >= 4 is 37.1 Å². The average Bonchev–Trinajstić information content (AvgIpc) is 3.88. The molecule has 1 aliphatic rings. The maximum absolute atomic E-state index is 15.5. The van der Waals surface area contributed by atoms with Crippen LogP contribution in [0.1, 0.15) is 70.9 Å². The van der Waals surface area contributed by atoms with Gasteiger partial charge in [-0.15, -0.1) is 0 Å². The zero-order valence-corrected chi connectivity index (χ0v) is 38.1. The minimum absolute atomic E-state index is 0.0148. The summed E-state index contributed by atoms with van der Waals surface area (Å²) in [5, 5.41) is 0. The molecule has 1 amide bonds. The standard InChI is InChI=1S/C45H58N7O10P/c1-28(2)39(54)41(61-45(31-13-11-10-12-14-31,32-15-19-34(57-8)20-16-32)33-17-21-35(58-9)22-18-33)40-36(25-37(60-40)51-26-47-38-42(51)48-44(46)49-43(38)55)62-63(56,52(29(3)4)30(5)6)59-24-23-50(7)27-53/h10-22,26-30,36-37,40-41H,23-25H2,1-9H3,(H3,46,48,49,55)/t36-,37+,40-,41?,63?/m0/s1. The summed E-state index contributed by atoms with van der Waals surface area (Å²) in [6.45, 7) is 11.0. The molecule has 3 N–H and O–H groups in total. The number of aromatic nitrogens is 4. The second-order valence-electron chi connectivity index (χ2n) is 16.3. The Bertz CT molecular complexity index is 2370. The highest BCUT2D eigenvalue weighted by Gasteiger charge is 2.53. The molecule has 1 aliphatic heterocycles. The number of benzene rings is 3. The van der Waals surface area contributed by atoms with Crippen molar-refractivity contribution in [1.82, 2.24) is 29.1 Å². The van der Waals surface area contributed by atoms with Gasteiger partial charge in [0.1, 0.15) is 41.6 Å². The van der Waals surface area contributed by atoms with Crippen LogP contribution in [0.15, 0.2) is 90.0 Å². The highest BCUT2D eigenvalue weighted by molar-refractivity contribution is 7.51. The van der Waals surface area contributed by atoms with Gasteiger partial charge in [-0.25, -0.2) is 14.2 Å². The Kier molecular flexibility index (Phi) is 14.9. The summed E-state index contributed by atoms with van der Waals surface area (Å²) >= 11 is 0. The lowest BCUT2D eigenvalue weighted by Crippen LogP contribution is -2.50. The predicted octanol–water partition coefficient (Wildman–Crippen LogP) is 6.33. The molecule has 63 heavy (non-hydrogen) atoms. The number of H-pyrrole nitrogens is 1. The average molecular weight is 888 g/mol. The van der Waals surface area contributed by atoms with E-state index in [1.54, 1.807) is 44.4 Å². The molecule has 0 spiro atoms. The number of imidazole rings is 1. The number of nitrogens with zero attached hydrogens (tertiary/aromatic N) is 5. The Balaban J connectivity index is 1.59. The summed E-state index contributed by atoms with van der Waals surface area (Å²) in [7, 11) is 0.447. The molecule has 1 fully saturated rings. The minimum Gasteiger partial charge on any atom is -0.497 e. The largest absolute Gasteiger partial charge is 0.497 e. The quantitative estimate of drug-likeness (QED) is 0.0470. The Hall–Kier alpha value is -5.42. The number of rotatable bonds is 21. The van der Waals surface area contributed by atoms with Crippen molar-refractivity contribution in [2.24, 2.45) is 5.92 Å². The summed E-state index contributed by atoms with van der Waals surface area (Å²) in [5.74, 6) is 0.144. The molecule has 17 nitrogen and oxygen atoms in total. The fourth-order valence-electron chi connectivity index (χ4n) is 8.03. The Morgan fingerprint density at radius 3 is 2.05 bits per heavy atom. The number of ketones is 1. The number of carbonyl (C=O) groups is 2. The van der Waals surface area contributed by atoms with Gasteiger partial charge in [0.25, 0.3) is 5.56 Å². The van der Waals surface area contributed by atoms with Gasteiger partial charge in [0, 0.05) is 38.0 Å². The van der Waals surface area contributed by atoms with Crippen molar-refractivity contribution in [3.05, 3.63) is 112 Å². The van der Waals surface area contributed by atoms with Crippen LogP contribution in [0.3, 0.4) is 0 Å². The lowest BCUT2D eigenvalue weighted by molar-refractivity contribution is -0.167. The van der Waals surface area contributed by atoms with Gasteiger partial charge in [-0.1, -0.05) is 68.4 Å². The van der Waals surface area contributed by atoms with Gasteiger partial charge in [-0.2, -0.15) is 4.98 Å². The molecule has 338 valence electrons. The lowest BCUT2D eigenvalue weighted by Gasteiger charge is -2.42. The van der Waals surface area contributed by atoms with E-state index in [0.717, 1.165) is 0 Å². The van der Waals surface area contributed by atoms with Crippen molar-refractivity contribution < 1.29 is 42.1 Å². The molecule has 0 saturated carbocycles. The zero-order chi connectivity index (χ0) is 45.6. The number of hydrogen-bond acceptors (Lipinski definition) is 13. The van der Waals surface area contributed by atoms with Crippen molar-refractivity contribution in [3.8, 4) is 11.5 Å². The molecular formula is C45H58N7O10P. The minimum atomic E-state index is -4.30. The molecule has 0 bridgehead atoms. The second-order valence-corrected chi connectivity index (χ2v) is 18.1. The molecule has 0 aliphatic carbocycles. The van der Waals surface area contributed by atoms with Crippen LogP contribution in [-0.2, 0) is 38.3 Å². The van der Waals surface area contributed by atoms with E-state index < -0.39 is 49.4 Å². The molecule has 18 heteroatoms. The van der Waals surface area contributed by atoms with E-state index in [0.29, 0.717) is 34.6 Å². The number of ether oxygens (including phenoxy) is 4. The number of Topliss-reactive ketones (excluding diaryl/α,β-unsaturated/α-hetero) is 1. The Labute approximate surface area is 367 Å². The first-order valence-electron chi connectivity index (χ1n) is 20.9. The van der Waals surface area contributed by atoms with E-state index in [1.807, 2.05) is 107 Å². The fraction of sp³-hybridized carbons (Fsp3) is 0.444. The molecule has 5 aromatic rings. The van der Waals surface area contributed by atoms with Crippen LogP contribution >= 0.6 is 7.75 Å². The first-order chi connectivity index (χ1) is 30.1. The molecule has 3 aromatic carbocycles. The van der Waals surface area contributed by atoms with Gasteiger partial charge in [0.05, 0.1) is 27.2 Å². The summed E-state index contributed by atoms with van der Waals surface area (Å²) in [5.41, 5.74) is 6.12. The summed E-state index contributed by atoms with van der Waals surface area (Å²) in [4.78, 5) is 52.1. The summed E-state index contributed by atoms with van der Waals surface area (Å²) in [6.07, 6.45) is -2.80. The SMILES string of the molecule is COc1ccc(C(OC(C(=O)C(C)C)[C@H]2O[C@@H](n3cnc4c(=O)[nH]c(N)nc43)C[C@@H]2OP(=O)(OCCN(C)C=O)N(C(C)C)C(C)C)(c2ccccc2)c2ccc(OC)cc2)cc1. The van der Waals surface area contributed by atoms with Crippen LogP contribution in [0, 0.1) is 5.92 Å². The molecule has 2 unspecified atom stereocenters. The number of carbonyl (C=O) groups excluding carboxylic acids is 2. The van der Waals surface area contributed by atoms with E-state index >= 15 is 9.36 Å². The molecule has 0 radical (unpaired) electrons. The zero-order valence-electron chi connectivity index (χ0n) is 37.2. The van der Waals surface area contributed by atoms with Crippen molar-refractivity contribution in [2.45, 2.75) is 90.2 Å². The Morgan fingerprint density at radius 1 is 0.952 bits per heavy atom. The number of hydrogen-bond donors (Lipinski definition) is 2. The third-order valence-electron chi connectivity index (χ3n) is 11.0. The van der Waals surface area contributed by atoms with Crippen molar-refractivity contribution in [1.29, 1.82) is 0 Å². The van der Waals surface area contributed by atoms with Crippen LogP contribution in [0.25, 0.3) is 11.2 Å². The van der Waals surface area contributed by atoms with Crippen LogP contribution in [-0.4, -0.2) is 106 Å². The van der Waals surface area contributed by atoms with Crippen LogP contribution in [0.4, 0.5) is 5.95 Å². The van der Waals surface area contributed by atoms with Crippen LogP contribution in [0.2, 0.25) is 0 Å². The van der Waals surface area contributed by atoms with Crippen molar-refractivity contribution in [3.63, 3.8) is 0 Å². The van der Waals surface area contributed by atoms with Crippen LogP contribution in [0.5, 0.6) is 11.5 Å². The fourth-order valence-corrected chi connectivity index (χ4v) is 10.3. The van der Waals surface area contributed by atoms with Gasteiger partial charge in [-0.05, 0) is 68.7 Å². The summed E-state index contributed by atoms with van der Waals surface area (Å²) in [6, 6.07) is 23.6. The van der Waals surface area contributed by atoms with Gasteiger partial charge >= 0.3 is 7.75 Å². The third kappa shape index (κ3) is 9.89. The predicted molar refractivity (Wildman–Crippen MR) is 237 cm³/mol. The Morgan fingerprint density at radius 2 is 1.52 bits per heavy atom. The monoisotopic (exact) mass is 887 g/mol. The number of amides is 1. The summed E-state index contributed by atoms with van der Waals surface area (Å²) < 4.78 is 57.4. The normalized spacial score (nSPS) is 18.3. The third-order valence-corrected chi connectivity index (χ3v) is 13.5. The molecule has 3 heterocycles. The van der Waals surface area contributed by atoms with E-state index in [2.05, 4.69) is 15.0 Å². The number of fused-ring (bicyclic) bond motifs is 1. The highest BCUT2D eigenvalue weighted by Crippen LogP contribution is 2.58. The van der Waals surface area contributed by atoms with Gasteiger partial charge in [0.15, 0.2) is 16.9 Å². The van der Waals surface area contributed by atoms with E-state index in [1.165, 1.54) is 11.2 Å². The first kappa shape index (κ1) is 47.1. The number of methoxy groups -OCH3 is 2. The van der Waals surface area contributed by atoms with E-state index in [9.17, 15) is 9.59 Å². The number of likely N-dealkylation sites (N-methyl/N-ethyl adjacent to an activating group) is 1. The topological polar surface area (TPSA) is 203 Å². The molecule has 6 rings (SSSR count). The van der Waals surface area contributed by atoms with Crippen LogP contribution < -0.4 is 20.8 Å². The first-order valence-corrected chi connectivity index (χ1v) is 22.4. The molecule has 2 aromatic heterocycles. The van der Waals surface area contributed by atoms with Gasteiger partial charge in [-0.3, -0.25) is 33.0 Å². The van der Waals surface area contributed by atoms with Gasteiger partial charge in [0.2, 0.25) is 12.4 Å².